The van der Waals surface area contributed by atoms with Crippen molar-refractivity contribution in [2.45, 2.75) is 6.42 Å². The van der Waals surface area contributed by atoms with E-state index in [0.29, 0.717) is 17.3 Å². The highest BCUT2D eigenvalue weighted by Crippen LogP contribution is 2.15. The minimum atomic E-state index is -0.271. The Morgan fingerprint density at radius 2 is 1.65 bits per heavy atom. The number of carbonyl (C=O) groups excluding carboxylic acids is 1. The smallest absolute Gasteiger partial charge is 0.317 e. The number of rotatable bonds is 7. The maximum Gasteiger partial charge on any atom is 0.317 e. The molecule has 0 saturated heterocycles. The molecule has 0 aliphatic rings. The summed E-state index contributed by atoms with van der Waals surface area (Å²) in [5, 5.41) is 6.04. The number of amides is 2. The largest absolute Gasteiger partial charge is 0.497 e. The molecule has 0 aliphatic heterocycles. The third-order valence-corrected chi connectivity index (χ3v) is 3.40. The number of carbonyl (C=O) groups is 1. The van der Waals surface area contributed by atoms with E-state index in [9.17, 15) is 4.79 Å². The fourth-order valence-corrected chi connectivity index (χ4v) is 2.02. The van der Waals surface area contributed by atoms with E-state index < -0.39 is 0 Å². The highest BCUT2D eigenvalue weighted by molar-refractivity contribution is 6.30. The van der Waals surface area contributed by atoms with Crippen LogP contribution in [0, 0.1) is 0 Å². The van der Waals surface area contributed by atoms with E-state index in [4.69, 9.17) is 21.1 Å². The molecule has 0 fully saturated rings. The van der Waals surface area contributed by atoms with Gasteiger partial charge in [-0.25, -0.2) is 4.79 Å². The van der Waals surface area contributed by atoms with Gasteiger partial charge < -0.3 is 20.1 Å². The predicted molar refractivity (Wildman–Crippen MR) is 90.2 cm³/mol. The molecule has 0 atom stereocenters. The first-order valence-corrected chi connectivity index (χ1v) is 7.58. The van der Waals surface area contributed by atoms with E-state index in [0.717, 1.165) is 17.7 Å². The molecule has 0 spiro atoms. The van der Waals surface area contributed by atoms with Crippen LogP contribution in [-0.4, -0.2) is 26.4 Å². The molecule has 0 heterocycles. The molecule has 2 N–H and O–H groups in total. The van der Waals surface area contributed by atoms with Crippen LogP contribution in [0.1, 0.15) is 5.56 Å². The van der Waals surface area contributed by atoms with E-state index in [1.54, 1.807) is 31.4 Å². The van der Waals surface area contributed by atoms with Crippen LogP contribution in [0.25, 0.3) is 0 Å². The Morgan fingerprint density at radius 1 is 1.00 bits per heavy atom. The lowest BCUT2D eigenvalue weighted by Gasteiger charge is -2.09. The third-order valence-electron chi connectivity index (χ3n) is 3.14. The third kappa shape index (κ3) is 6.08. The van der Waals surface area contributed by atoms with Crippen LogP contribution in [0.15, 0.2) is 48.5 Å². The molecule has 122 valence electrons. The number of urea groups is 1. The SMILES string of the molecule is COc1ccc(CCNC(=O)NCOc2ccc(Cl)cc2)cc1. The molecule has 6 heteroatoms. The second-order valence-electron chi connectivity index (χ2n) is 4.77. The molecule has 2 amide bonds. The molecule has 23 heavy (non-hydrogen) atoms. The zero-order chi connectivity index (χ0) is 16.5. The number of nitrogens with one attached hydrogen (secondary N) is 2. The minimum Gasteiger partial charge on any atom is -0.497 e. The van der Waals surface area contributed by atoms with Gasteiger partial charge in [-0.1, -0.05) is 23.7 Å². The Labute approximate surface area is 140 Å². The van der Waals surface area contributed by atoms with E-state index in [1.807, 2.05) is 24.3 Å². The summed E-state index contributed by atoms with van der Waals surface area (Å²) < 4.78 is 10.5. The Morgan fingerprint density at radius 3 is 2.30 bits per heavy atom. The second kappa shape index (κ2) is 8.90. The first-order valence-electron chi connectivity index (χ1n) is 7.20. The minimum absolute atomic E-state index is 0.0933. The van der Waals surface area contributed by atoms with Crippen molar-refractivity contribution in [3.05, 3.63) is 59.1 Å². The molecule has 2 aromatic rings. The van der Waals surface area contributed by atoms with Gasteiger partial charge in [0, 0.05) is 11.6 Å². The summed E-state index contributed by atoms with van der Waals surface area (Å²) in [6, 6.07) is 14.4. The van der Waals surface area contributed by atoms with Gasteiger partial charge in [0.15, 0.2) is 6.73 Å². The monoisotopic (exact) mass is 334 g/mol. The molecule has 0 radical (unpaired) electrons. The quantitative estimate of drug-likeness (QED) is 0.764. The number of hydrogen-bond acceptors (Lipinski definition) is 3. The second-order valence-corrected chi connectivity index (χ2v) is 5.21. The van der Waals surface area contributed by atoms with Crippen molar-refractivity contribution in [2.75, 3.05) is 20.4 Å². The highest BCUT2D eigenvalue weighted by Gasteiger charge is 2.01. The van der Waals surface area contributed by atoms with Gasteiger partial charge in [-0.2, -0.15) is 0 Å². The molecule has 0 bridgehead atoms. The molecular formula is C17H19ClN2O3. The lowest BCUT2D eigenvalue weighted by Crippen LogP contribution is -2.38. The Bertz CT molecular complexity index is 615. The van der Waals surface area contributed by atoms with E-state index >= 15 is 0 Å². The van der Waals surface area contributed by atoms with E-state index in [2.05, 4.69) is 10.6 Å². The molecule has 0 saturated carbocycles. The summed E-state index contributed by atoms with van der Waals surface area (Å²) in [7, 11) is 1.63. The zero-order valence-electron chi connectivity index (χ0n) is 12.8. The van der Waals surface area contributed by atoms with Gasteiger partial charge in [-0.15, -0.1) is 0 Å². The van der Waals surface area contributed by atoms with Crippen molar-refractivity contribution in [3.8, 4) is 11.5 Å². The molecule has 5 nitrogen and oxygen atoms in total. The lowest BCUT2D eigenvalue weighted by atomic mass is 10.1. The van der Waals surface area contributed by atoms with E-state index in [-0.39, 0.29) is 12.8 Å². The molecule has 2 rings (SSSR count). The summed E-state index contributed by atoms with van der Waals surface area (Å²) in [5.74, 6) is 1.46. The molecule has 0 aromatic heterocycles. The summed E-state index contributed by atoms with van der Waals surface area (Å²) >= 11 is 5.78. The maximum absolute atomic E-state index is 11.6. The fourth-order valence-electron chi connectivity index (χ4n) is 1.89. The van der Waals surface area contributed by atoms with Gasteiger partial charge in [0.25, 0.3) is 0 Å². The predicted octanol–water partition coefficient (Wildman–Crippen LogP) is 3.23. The molecule has 2 aromatic carbocycles. The summed E-state index contributed by atoms with van der Waals surface area (Å²) in [5.41, 5.74) is 1.13. The fraction of sp³-hybridized carbons (Fsp3) is 0.235. The van der Waals surface area contributed by atoms with Crippen LogP contribution >= 0.6 is 11.6 Å². The molecule has 0 unspecified atom stereocenters. The van der Waals surface area contributed by atoms with Crippen LogP contribution in [0.5, 0.6) is 11.5 Å². The topological polar surface area (TPSA) is 59.6 Å². The summed E-state index contributed by atoms with van der Waals surface area (Å²) in [6.07, 6.45) is 0.745. The standard InChI is InChI=1S/C17H19ClN2O3/c1-22-15-6-2-13(3-7-15)10-11-19-17(21)20-12-23-16-8-4-14(18)5-9-16/h2-9H,10-12H2,1H3,(H2,19,20,21). The van der Waals surface area contributed by atoms with Gasteiger partial charge in [0.1, 0.15) is 11.5 Å². The van der Waals surface area contributed by atoms with Gasteiger partial charge in [0.2, 0.25) is 0 Å². The van der Waals surface area contributed by atoms with Crippen LogP contribution in [-0.2, 0) is 6.42 Å². The molecular weight excluding hydrogens is 316 g/mol. The zero-order valence-corrected chi connectivity index (χ0v) is 13.6. The van der Waals surface area contributed by atoms with Gasteiger partial charge >= 0.3 is 6.03 Å². The van der Waals surface area contributed by atoms with Crippen molar-refractivity contribution in [2.24, 2.45) is 0 Å². The Balaban J connectivity index is 1.62. The van der Waals surface area contributed by atoms with Crippen LogP contribution < -0.4 is 20.1 Å². The lowest BCUT2D eigenvalue weighted by molar-refractivity contribution is 0.224. The number of ether oxygens (including phenoxy) is 2. The van der Waals surface area contributed by atoms with Crippen LogP contribution in [0.3, 0.4) is 0 Å². The summed E-state index contributed by atoms with van der Waals surface area (Å²) in [4.78, 5) is 11.6. The van der Waals surface area contributed by atoms with Crippen LogP contribution in [0.4, 0.5) is 4.79 Å². The Hall–Kier alpha value is -2.40. The highest BCUT2D eigenvalue weighted by atomic mass is 35.5. The number of benzene rings is 2. The summed E-state index contributed by atoms with van der Waals surface area (Å²) in [6.45, 7) is 0.634. The van der Waals surface area contributed by atoms with Crippen molar-refractivity contribution in [1.29, 1.82) is 0 Å². The van der Waals surface area contributed by atoms with Gasteiger partial charge in [0.05, 0.1) is 7.11 Å². The number of halogens is 1. The van der Waals surface area contributed by atoms with Crippen molar-refractivity contribution in [3.63, 3.8) is 0 Å². The number of methoxy groups -OCH3 is 1. The maximum atomic E-state index is 11.6. The van der Waals surface area contributed by atoms with Crippen LogP contribution in [0.2, 0.25) is 5.02 Å². The van der Waals surface area contributed by atoms with Gasteiger partial charge in [-0.05, 0) is 48.4 Å². The number of hydrogen-bond donors (Lipinski definition) is 2. The van der Waals surface area contributed by atoms with Crippen molar-refractivity contribution < 1.29 is 14.3 Å². The van der Waals surface area contributed by atoms with Gasteiger partial charge in [-0.3, -0.25) is 0 Å². The first-order chi connectivity index (χ1) is 11.2. The molecule has 0 aliphatic carbocycles. The van der Waals surface area contributed by atoms with Crippen molar-refractivity contribution in [1.82, 2.24) is 10.6 Å². The van der Waals surface area contributed by atoms with Crippen molar-refractivity contribution >= 4 is 17.6 Å². The normalized spacial score (nSPS) is 10.0. The first kappa shape index (κ1) is 17.0. The average Bonchev–Trinajstić information content (AvgIpc) is 2.57. The Kier molecular flexibility index (Phi) is 6.56. The average molecular weight is 335 g/mol. The van der Waals surface area contributed by atoms with E-state index in [1.165, 1.54) is 0 Å².